The maximum absolute atomic E-state index is 13.2. The molecule has 1 heterocycles. The third-order valence-electron chi connectivity index (χ3n) is 3.53. The average molecular weight is 392 g/mol. The van der Waals surface area contributed by atoms with E-state index in [-0.39, 0.29) is 21.6 Å². The van der Waals surface area contributed by atoms with Crippen LogP contribution in [0.2, 0.25) is 0 Å². The second-order valence-corrected chi connectivity index (χ2v) is 9.54. The van der Waals surface area contributed by atoms with Crippen molar-refractivity contribution >= 4 is 43.0 Å². The van der Waals surface area contributed by atoms with Gasteiger partial charge in [-0.05, 0) is 42.3 Å². The first kappa shape index (κ1) is 18.5. The molecule has 0 radical (unpaired) electrons. The minimum atomic E-state index is -3.43. The average Bonchev–Trinajstić information content (AvgIpc) is 2.98. The first-order valence-corrected chi connectivity index (χ1v) is 10.4. The SMILES string of the molecule is CC(C)CS(=O)(=O)c1nc2ccc(NC(=O)c3cccc(F)c3)cc2s1. The topological polar surface area (TPSA) is 76.1 Å². The maximum atomic E-state index is 13.2. The summed E-state index contributed by atoms with van der Waals surface area (Å²) in [6.07, 6.45) is 0. The number of hydrogen-bond donors (Lipinski definition) is 1. The summed E-state index contributed by atoms with van der Waals surface area (Å²) in [4.78, 5) is 16.4. The minimum absolute atomic E-state index is 0.00753. The minimum Gasteiger partial charge on any atom is -0.322 e. The van der Waals surface area contributed by atoms with E-state index in [4.69, 9.17) is 0 Å². The molecule has 5 nitrogen and oxygen atoms in total. The van der Waals surface area contributed by atoms with Crippen molar-refractivity contribution in [1.29, 1.82) is 0 Å². The molecular formula is C18H17FN2O3S2. The Labute approximate surface area is 154 Å². The molecule has 2 aromatic carbocycles. The molecule has 0 aliphatic carbocycles. The molecule has 0 bridgehead atoms. The van der Waals surface area contributed by atoms with Crippen LogP contribution in [0.25, 0.3) is 10.2 Å². The summed E-state index contributed by atoms with van der Waals surface area (Å²) < 4.78 is 38.6. The van der Waals surface area contributed by atoms with E-state index in [1.165, 1.54) is 18.2 Å². The first-order valence-electron chi connectivity index (χ1n) is 7.95. The van der Waals surface area contributed by atoms with E-state index in [0.29, 0.717) is 15.9 Å². The zero-order chi connectivity index (χ0) is 18.9. The fourth-order valence-electron chi connectivity index (χ4n) is 2.46. The molecule has 0 fully saturated rings. The van der Waals surface area contributed by atoms with E-state index in [1.54, 1.807) is 18.2 Å². The Morgan fingerprint density at radius 2 is 2.00 bits per heavy atom. The Balaban J connectivity index is 1.87. The number of nitrogens with one attached hydrogen (secondary N) is 1. The highest BCUT2D eigenvalue weighted by molar-refractivity contribution is 7.93. The van der Waals surface area contributed by atoms with Gasteiger partial charge in [0.25, 0.3) is 5.91 Å². The van der Waals surface area contributed by atoms with E-state index in [9.17, 15) is 17.6 Å². The predicted octanol–water partition coefficient (Wildman–Crippen LogP) is 4.12. The largest absolute Gasteiger partial charge is 0.322 e. The third-order valence-corrected chi connectivity index (χ3v) is 7.09. The number of rotatable bonds is 5. The molecule has 0 saturated carbocycles. The molecule has 1 aromatic heterocycles. The molecule has 0 spiro atoms. The van der Waals surface area contributed by atoms with Crippen LogP contribution in [0.4, 0.5) is 10.1 Å². The lowest BCUT2D eigenvalue weighted by molar-refractivity contribution is 0.102. The number of fused-ring (bicyclic) bond motifs is 1. The van der Waals surface area contributed by atoms with E-state index in [0.717, 1.165) is 17.4 Å². The summed E-state index contributed by atoms with van der Waals surface area (Å²) in [5, 5.41) is 2.68. The molecule has 1 N–H and O–H groups in total. The van der Waals surface area contributed by atoms with Gasteiger partial charge < -0.3 is 5.32 Å². The van der Waals surface area contributed by atoms with Crippen molar-refractivity contribution in [2.75, 3.05) is 11.1 Å². The van der Waals surface area contributed by atoms with Gasteiger partial charge in [-0.25, -0.2) is 17.8 Å². The summed E-state index contributed by atoms with van der Waals surface area (Å²) in [6, 6.07) is 10.3. The van der Waals surface area contributed by atoms with Crippen molar-refractivity contribution in [2.45, 2.75) is 18.2 Å². The van der Waals surface area contributed by atoms with Gasteiger partial charge in [-0.3, -0.25) is 4.79 Å². The van der Waals surface area contributed by atoms with Crippen LogP contribution in [0, 0.1) is 11.7 Å². The molecule has 0 aliphatic heterocycles. The zero-order valence-electron chi connectivity index (χ0n) is 14.2. The smallest absolute Gasteiger partial charge is 0.255 e. The number of anilines is 1. The van der Waals surface area contributed by atoms with Crippen LogP contribution in [0.15, 0.2) is 46.8 Å². The maximum Gasteiger partial charge on any atom is 0.255 e. The number of halogens is 1. The van der Waals surface area contributed by atoms with Gasteiger partial charge in [0.15, 0.2) is 0 Å². The zero-order valence-corrected chi connectivity index (χ0v) is 15.8. The molecule has 3 rings (SSSR count). The highest BCUT2D eigenvalue weighted by Gasteiger charge is 2.21. The van der Waals surface area contributed by atoms with Crippen molar-refractivity contribution in [3.8, 4) is 0 Å². The van der Waals surface area contributed by atoms with E-state index in [1.807, 2.05) is 13.8 Å². The first-order chi connectivity index (χ1) is 12.2. The molecule has 0 aliphatic rings. The number of carbonyl (C=O) groups excluding carboxylic acids is 1. The number of nitrogens with zero attached hydrogens (tertiary/aromatic N) is 1. The van der Waals surface area contributed by atoms with Crippen molar-refractivity contribution in [2.24, 2.45) is 5.92 Å². The summed E-state index contributed by atoms with van der Waals surface area (Å²) in [5.41, 5.74) is 1.25. The summed E-state index contributed by atoms with van der Waals surface area (Å²) >= 11 is 1.08. The number of aromatic nitrogens is 1. The van der Waals surface area contributed by atoms with Gasteiger partial charge in [-0.1, -0.05) is 19.9 Å². The molecule has 1 amide bonds. The van der Waals surface area contributed by atoms with Crippen molar-refractivity contribution < 1.29 is 17.6 Å². The molecule has 8 heteroatoms. The lowest BCUT2D eigenvalue weighted by Crippen LogP contribution is -2.11. The number of amides is 1. The van der Waals surface area contributed by atoms with Crippen molar-refractivity contribution in [1.82, 2.24) is 4.98 Å². The lowest BCUT2D eigenvalue weighted by Gasteiger charge is -2.05. The van der Waals surface area contributed by atoms with Gasteiger partial charge in [-0.2, -0.15) is 0 Å². The fourth-order valence-corrected chi connectivity index (χ4v) is 5.43. The number of benzene rings is 2. The van der Waals surface area contributed by atoms with Gasteiger partial charge in [0.1, 0.15) is 5.82 Å². The van der Waals surface area contributed by atoms with Crippen molar-refractivity contribution in [3.05, 3.63) is 53.8 Å². The van der Waals surface area contributed by atoms with Gasteiger partial charge in [0.05, 0.1) is 16.0 Å². The molecule has 0 atom stereocenters. The molecule has 3 aromatic rings. The lowest BCUT2D eigenvalue weighted by atomic mass is 10.2. The highest BCUT2D eigenvalue weighted by Crippen LogP contribution is 2.29. The monoisotopic (exact) mass is 392 g/mol. The van der Waals surface area contributed by atoms with Gasteiger partial charge in [-0.15, -0.1) is 11.3 Å². The number of thiazole rings is 1. The van der Waals surface area contributed by atoms with Crippen LogP contribution in [-0.4, -0.2) is 25.1 Å². The van der Waals surface area contributed by atoms with Crippen LogP contribution in [0.5, 0.6) is 0 Å². The van der Waals surface area contributed by atoms with E-state index >= 15 is 0 Å². The van der Waals surface area contributed by atoms with E-state index < -0.39 is 21.6 Å². The standard InChI is InChI=1S/C18H17FN2O3S2/c1-11(2)10-26(23,24)18-21-15-7-6-14(9-16(15)25-18)20-17(22)12-4-3-5-13(19)8-12/h3-9,11H,10H2,1-2H3,(H,20,22). The predicted molar refractivity (Wildman–Crippen MR) is 101 cm³/mol. The van der Waals surface area contributed by atoms with Crippen LogP contribution in [-0.2, 0) is 9.84 Å². The van der Waals surface area contributed by atoms with E-state index in [2.05, 4.69) is 10.3 Å². The number of sulfone groups is 1. The summed E-state index contributed by atoms with van der Waals surface area (Å²) in [5.74, 6) is -0.889. The molecular weight excluding hydrogens is 375 g/mol. The molecule has 0 saturated heterocycles. The Kier molecular flexibility index (Phi) is 5.06. The van der Waals surface area contributed by atoms with Crippen LogP contribution in [0.3, 0.4) is 0 Å². The Bertz CT molecular complexity index is 1070. The van der Waals surface area contributed by atoms with Crippen LogP contribution in [0.1, 0.15) is 24.2 Å². The normalized spacial score (nSPS) is 11.8. The Morgan fingerprint density at radius 1 is 1.23 bits per heavy atom. The van der Waals surface area contributed by atoms with Gasteiger partial charge >= 0.3 is 0 Å². The number of hydrogen-bond acceptors (Lipinski definition) is 5. The Hall–Kier alpha value is -2.32. The fraction of sp³-hybridized carbons (Fsp3) is 0.222. The summed E-state index contributed by atoms with van der Waals surface area (Å²) in [6.45, 7) is 3.68. The second-order valence-electron chi connectivity index (χ2n) is 6.30. The van der Waals surface area contributed by atoms with Gasteiger partial charge in [0, 0.05) is 11.3 Å². The van der Waals surface area contributed by atoms with Crippen molar-refractivity contribution in [3.63, 3.8) is 0 Å². The molecule has 136 valence electrons. The third kappa shape index (κ3) is 4.08. The van der Waals surface area contributed by atoms with Gasteiger partial charge in [0.2, 0.25) is 14.2 Å². The quantitative estimate of drug-likeness (QED) is 0.709. The van der Waals surface area contributed by atoms with Crippen LogP contribution < -0.4 is 5.32 Å². The molecule has 0 unspecified atom stereocenters. The Morgan fingerprint density at radius 3 is 2.69 bits per heavy atom. The highest BCUT2D eigenvalue weighted by atomic mass is 32.2. The molecule has 26 heavy (non-hydrogen) atoms. The number of carbonyl (C=O) groups is 1. The summed E-state index contributed by atoms with van der Waals surface area (Å²) in [7, 11) is -3.43. The second kappa shape index (κ2) is 7.13. The van der Waals surface area contributed by atoms with Crippen LogP contribution >= 0.6 is 11.3 Å².